The zero-order chi connectivity index (χ0) is 18.9. The highest BCUT2D eigenvalue weighted by Gasteiger charge is 2.37. The van der Waals surface area contributed by atoms with Gasteiger partial charge in [0.25, 0.3) is 5.91 Å². The number of aromatic nitrogens is 3. The second-order valence-corrected chi connectivity index (χ2v) is 6.06. The number of carbonyl (C=O) groups excluding carboxylic acids is 2. The topological polar surface area (TPSA) is 80.1 Å². The van der Waals surface area contributed by atoms with Gasteiger partial charge in [-0.3, -0.25) is 9.59 Å². The summed E-state index contributed by atoms with van der Waals surface area (Å²) in [4.78, 5) is 25.5. The smallest absolute Gasteiger partial charge is 0.329 e. The summed E-state index contributed by atoms with van der Waals surface area (Å²) in [5, 5.41) is 6.09. The number of hydrogen-bond donors (Lipinski definition) is 1. The van der Waals surface area contributed by atoms with Crippen LogP contribution < -0.4 is 5.32 Å². The average Bonchev–Trinajstić information content (AvgIpc) is 3.04. The van der Waals surface area contributed by atoms with E-state index in [1.54, 1.807) is 18.2 Å². The fourth-order valence-corrected chi connectivity index (χ4v) is 2.79. The van der Waals surface area contributed by atoms with Crippen LogP contribution in [0, 0.1) is 0 Å². The molecule has 2 heterocycles. The van der Waals surface area contributed by atoms with E-state index in [9.17, 15) is 18.4 Å². The predicted octanol–water partition coefficient (Wildman–Crippen LogP) is 2.35. The Hall–Kier alpha value is -2.81. The molecular formula is C16H14ClF2N5O2. The highest BCUT2D eigenvalue weighted by molar-refractivity contribution is 6.21. The van der Waals surface area contributed by atoms with Crippen molar-refractivity contribution in [3.05, 3.63) is 54.1 Å². The minimum atomic E-state index is -3.62. The van der Waals surface area contributed by atoms with E-state index >= 15 is 0 Å². The van der Waals surface area contributed by atoms with Crippen LogP contribution in [0.1, 0.15) is 22.0 Å². The van der Waals surface area contributed by atoms with Gasteiger partial charge >= 0.3 is 5.38 Å². The first kappa shape index (κ1) is 18.0. The first-order valence-corrected chi connectivity index (χ1v) is 7.99. The van der Waals surface area contributed by atoms with E-state index in [-0.39, 0.29) is 31.4 Å². The monoisotopic (exact) mass is 381 g/mol. The molecule has 0 saturated carbocycles. The summed E-state index contributed by atoms with van der Waals surface area (Å²) in [5.74, 6) is -1.10. The van der Waals surface area contributed by atoms with Crippen LogP contribution in [0.15, 0.2) is 36.9 Å². The lowest BCUT2D eigenvalue weighted by molar-refractivity contribution is -0.111. The molecule has 2 amide bonds. The third-order valence-corrected chi connectivity index (χ3v) is 4.03. The normalized spacial score (nSPS) is 13.9. The SMILES string of the molecule is C=CC(=O)Nc1cccc(C(=O)N2CCn3c(nnc3C(F)(F)Cl)C2)c1. The van der Waals surface area contributed by atoms with Crippen LogP contribution in [0.25, 0.3) is 0 Å². The Kier molecular flexibility index (Phi) is 4.73. The molecule has 1 aliphatic heterocycles. The lowest BCUT2D eigenvalue weighted by Crippen LogP contribution is -2.39. The molecule has 2 aromatic rings. The number of alkyl halides is 3. The number of rotatable bonds is 4. The summed E-state index contributed by atoms with van der Waals surface area (Å²) >= 11 is 5.02. The molecule has 0 aliphatic carbocycles. The molecule has 26 heavy (non-hydrogen) atoms. The molecule has 0 spiro atoms. The van der Waals surface area contributed by atoms with Crippen LogP contribution in [-0.4, -0.2) is 38.0 Å². The zero-order valence-electron chi connectivity index (χ0n) is 13.5. The number of amides is 2. The predicted molar refractivity (Wildman–Crippen MR) is 89.8 cm³/mol. The molecule has 0 atom stereocenters. The largest absolute Gasteiger partial charge is 0.381 e. The summed E-state index contributed by atoms with van der Waals surface area (Å²) in [6.07, 6.45) is 1.12. The lowest BCUT2D eigenvalue weighted by Gasteiger charge is -2.28. The first-order chi connectivity index (χ1) is 12.3. The number of nitrogens with zero attached hydrogens (tertiary/aromatic N) is 4. The molecule has 3 rings (SSSR count). The van der Waals surface area contributed by atoms with Crippen molar-refractivity contribution >= 4 is 29.1 Å². The molecule has 10 heteroatoms. The fraction of sp³-hybridized carbons (Fsp3) is 0.250. The molecule has 136 valence electrons. The van der Waals surface area contributed by atoms with Crippen molar-refractivity contribution in [1.82, 2.24) is 19.7 Å². The highest BCUT2D eigenvalue weighted by atomic mass is 35.5. The molecule has 0 fully saturated rings. The molecule has 0 bridgehead atoms. The maximum atomic E-state index is 13.3. The van der Waals surface area contributed by atoms with Gasteiger partial charge in [0, 0.05) is 24.3 Å². The molecular weight excluding hydrogens is 368 g/mol. The van der Waals surface area contributed by atoms with Crippen LogP contribution >= 0.6 is 11.6 Å². The van der Waals surface area contributed by atoms with E-state index in [1.165, 1.54) is 15.5 Å². The second kappa shape index (κ2) is 6.83. The fourth-order valence-electron chi connectivity index (χ4n) is 2.65. The summed E-state index contributed by atoms with van der Waals surface area (Å²) in [7, 11) is 0. The Morgan fingerprint density at radius 3 is 2.77 bits per heavy atom. The maximum Gasteiger partial charge on any atom is 0.381 e. The number of halogens is 3. The number of anilines is 1. The van der Waals surface area contributed by atoms with Crippen LogP contribution in [-0.2, 0) is 23.3 Å². The Morgan fingerprint density at radius 1 is 1.31 bits per heavy atom. The van der Waals surface area contributed by atoms with Gasteiger partial charge in [0.2, 0.25) is 11.7 Å². The summed E-state index contributed by atoms with van der Waals surface area (Å²) in [6.45, 7) is 3.70. The van der Waals surface area contributed by atoms with Crippen LogP contribution in [0.3, 0.4) is 0 Å². The van der Waals surface area contributed by atoms with Gasteiger partial charge in [0.15, 0.2) is 5.82 Å². The quantitative estimate of drug-likeness (QED) is 0.651. The van der Waals surface area contributed by atoms with Crippen molar-refractivity contribution in [2.45, 2.75) is 18.5 Å². The van der Waals surface area contributed by atoms with Crippen molar-refractivity contribution in [3.8, 4) is 0 Å². The number of benzene rings is 1. The minimum Gasteiger partial charge on any atom is -0.329 e. The van der Waals surface area contributed by atoms with Gasteiger partial charge in [-0.1, -0.05) is 12.6 Å². The Morgan fingerprint density at radius 2 is 2.08 bits per heavy atom. The standard InChI is InChI=1S/C16H14ClF2N5O2/c1-2-13(25)20-11-5-3-4-10(8-11)14(26)23-6-7-24-12(9-23)21-22-15(24)16(17,18)19/h2-5,8H,1,6-7,9H2,(H,20,25). The van der Waals surface area contributed by atoms with E-state index in [4.69, 9.17) is 11.6 Å². The summed E-state index contributed by atoms with van der Waals surface area (Å²) < 4.78 is 27.8. The molecule has 0 radical (unpaired) electrons. The van der Waals surface area contributed by atoms with Crippen molar-refractivity contribution in [3.63, 3.8) is 0 Å². The zero-order valence-corrected chi connectivity index (χ0v) is 14.2. The van der Waals surface area contributed by atoms with Crippen molar-refractivity contribution in [1.29, 1.82) is 0 Å². The van der Waals surface area contributed by atoms with Gasteiger partial charge in [0.1, 0.15) is 0 Å². The van der Waals surface area contributed by atoms with Gasteiger partial charge in [0.05, 0.1) is 6.54 Å². The highest BCUT2D eigenvalue weighted by Crippen LogP contribution is 2.32. The molecule has 1 aromatic heterocycles. The van der Waals surface area contributed by atoms with Crippen LogP contribution in [0.2, 0.25) is 0 Å². The maximum absolute atomic E-state index is 13.3. The number of hydrogen-bond acceptors (Lipinski definition) is 4. The number of carbonyl (C=O) groups is 2. The van der Waals surface area contributed by atoms with Gasteiger partial charge in [-0.25, -0.2) is 0 Å². The third kappa shape index (κ3) is 3.57. The summed E-state index contributed by atoms with van der Waals surface area (Å²) in [6, 6.07) is 6.40. The first-order valence-electron chi connectivity index (χ1n) is 7.61. The van der Waals surface area contributed by atoms with E-state index in [0.29, 0.717) is 11.3 Å². The van der Waals surface area contributed by atoms with Gasteiger partial charge in [-0.15, -0.1) is 10.2 Å². The van der Waals surface area contributed by atoms with Crippen molar-refractivity contribution in [2.24, 2.45) is 0 Å². The van der Waals surface area contributed by atoms with E-state index in [0.717, 1.165) is 6.08 Å². The third-order valence-electron chi connectivity index (χ3n) is 3.86. The number of nitrogens with one attached hydrogen (secondary N) is 1. The Balaban J connectivity index is 1.78. The van der Waals surface area contributed by atoms with E-state index in [1.807, 2.05) is 0 Å². The summed E-state index contributed by atoms with van der Waals surface area (Å²) in [5.41, 5.74) is 0.799. The van der Waals surface area contributed by atoms with Crippen molar-refractivity contribution in [2.75, 3.05) is 11.9 Å². The molecule has 7 nitrogen and oxygen atoms in total. The van der Waals surface area contributed by atoms with Gasteiger partial charge < -0.3 is 14.8 Å². The van der Waals surface area contributed by atoms with E-state index in [2.05, 4.69) is 22.1 Å². The Labute approximate surface area is 152 Å². The minimum absolute atomic E-state index is 0.0298. The van der Waals surface area contributed by atoms with Gasteiger partial charge in [-0.2, -0.15) is 8.78 Å². The van der Waals surface area contributed by atoms with Crippen molar-refractivity contribution < 1.29 is 18.4 Å². The van der Waals surface area contributed by atoms with E-state index < -0.39 is 17.1 Å². The molecule has 1 N–H and O–H groups in total. The second-order valence-electron chi connectivity index (χ2n) is 5.59. The number of fused-ring (bicyclic) bond motifs is 1. The molecule has 0 unspecified atom stereocenters. The Bertz CT molecular complexity index is 878. The molecule has 0 saturated heterocycles. The van der Waals surface area contributed by atoms with Gasteiger partial charge in [-0.05, 0) is 35.9 Å². The van der Waals surface area contributed by atoms with Crippen LogP contribution in [0.4, 0.5) is 14.5 Å². The average molecular weight is 382 g/mol. The lowest BCUT2D eigenvalue weighted by atomic mass is 10.1. The molecule has 1 aliphatic rings. The molecule has 1 aromatic carbocycles. The van der Waals surface area contributed by atoms with Crippen LogP contribution in [0.5, 0.6) is 0 Å².